The number of urea groups is 1. The minimum atomic E-state index is -0.137. The molecule has 3 N–H and O–H groups in total. The number of anilines is 1. The fraction of sp³-hybridized carbons (Fsp3) is 0.300. The predicted molar refractivity (Wildman–Crippen MR) is 98.0 cm³/mol. The van der Waals surface area contributed by atoms with Gasteiger partial charge >= 0.3 is 6.03 Å². The fourth-order valence-electron chi connectivity index (χ4n) is 2.52. The average molecular weight is 334 g/mol. The van der Waals surface area contributed by atoms with Crippen molar-refractivity contribution < 1.29 is 4.79 Å². The molecule has 2 aromatic carbocycles. The summed E-state index contributed by atoms with van der Waals surface area (Å²) in [7, 11) is 0. The van der Waals surface area contributed by atoms with Crippen molar-refractivity contribution >= 4 is 11.7 Å². The molecule has 0 spiro atoms. The van der Waals surface area contributed by atoms with E-state index in [0.717, 1.165) is 36.2 Å². The van der Waals surface area contributed by atoms with Crippen molar-refractivity contribution in [1.82, 2.24) is 10.6 Å². The summed E-state index contributed by atoms with van der Waals surface area (Å²) >= 11 is 0. The van der Waals surface area contributed by atoms with E-state index in [1.807, 2.05) is 48.5 Å². The monoisotopic (exact) mass is 334 g/mol. The van der Waals surface area contributed by atoms with Crippen molar-refractivity contribution in [2.45, 2.75) is 38.4 Å². The van der Waals surface area contributed by atoms with Crippen molar-refractivity contribution in [3.05, 3.63) is 65.2 Å². The summed E-state index contributed by atoms with van der Waals surface area (Å²) in [6.07, 6.45) is 2.16. The highest BCUT2D eigenvalue weighted by molar-refractivity contribution is 5.89. The second-order valence-electron chi connectivity index (χ2n) is 6.41. The summed E-state index contributed by atoms with van der Waals surface area (Å²) < 4.78 is 0. The number of nitrogens with zero attached hydrogens (tertiary/aromatic N) is 1. The second kappa shape index (κ2) is 7.82. The highest BCUT2D eigenvalue weighted by Gasteiger charge is 2.23. The van der Waals surface area contributed by atoms with Crippen LogP contribution >= 0.6 is 0 Å². The first kappa shape index (κ1) is 17.0. The second-order valence-corrected chi connectivity index (χ2v) is 6.41. The molecule has 5 heteroatoms. The third kappa shape index (κ3) is 5.07. The molecule has 1 unspecified atom stereocenters. The first-order valence-corrected chi connectivity index (χ1v) is 8.54. The Morgan fingerprint density at radius 2 is 1.84 bits per heavy atom. The quantitative estimate of drug-likeness (QED) is 0.754. The molecule has 1 aliphatic carbocycles. The largest absolute Gasteiger partial charge is 0.335 e. The molecule has 1 atom stereocenters. The van der Waals surface area contributed by atoms with Gasteiger partial charge in [0.1, 0.15) is 0 Å². The molecule has 0 bridgehead atoms. The van der Waals surface area contributed by atoms with E-state index in [9.17, 15) is 4.79 Å². The normalized spacial score (nSPS) is 14.4. The summed E-state index contributed by atoms with van der Waals surface area (Å²) in [6, 6.07) is 18.0. The van der Waals surface area contributed by atoms with Gasteiger partial charge in [-0.3, -0.25) is 0 Å². The zero-order valence-electron chi connectivity index (χ0n) is 14.3. The summed E-state index contributed by atoms with van der Waals surface area (Å²) in [5, 5.41) is 18.0. The Labute approximate surface area is 148 Å². The van der Waals surface area contributed by atoms with Gasteiger partial charge in [-0.2, -0.15) is 5.26 Å². The number of carbonyl (C=O) groups excluding carboxylic acids is 1. The maximum absolute atomic E-state index is 11.7. The first-order valence-electron chi connectivity index (χ1n) is 8.54. The fourth-order valence-corrected chi connectivity index (χ4v) is 2.52. The Morgan fingerprint density at radius 1 is 1.16 bits per heavy atom. The molecule has 25 heavy (non-hydrogen) atoms. The van der Waals surface area contributed by atoms with E-state index in [-0.39, 0.29) is 12.1 Å². The minimum absolute atomic E-state index is 0.137. The predicted octanol–water partition coefficient (Wildman–Crippen LogP) is 3.69. The van der Waals surface area contributed by atoms with Crippen LogP contribution in [0, 0.1) is 11.3 Å². The zero-order valence-corrected chi connectivity index (χ0v) is 14.3. The number of nitriles is 1. The third-order valence-corrected chi connectivity index (χ3v) is 4.28. The summed E-state index contributed by atoms with van der Waals surface area (Å²) in [5.74, 6) is 0. The SMILES string of the molecule is CC(NCc1ccc(C#N)cc1)c1ccc(NC(=O)NC2CC2)cc1. The minimum Gasteiger partial charge on any atom is -0.335 e. The van der Waals surface area contributed by atoms with Gasteiger partial charge in [0.05, 0.1) is 11.6 Å². The maximum Gasteiger partial charge on any atom is 0.319 e. The van der Waals surface area contributed by atoms with Crippen LogP contribution in [0.25, 0.3) is 0 Å². The molecule has 1 saturated carbocycles. The molecule has 2 aromatic rings. The van der Waals surface area contributed by atoms with E-state index >= 15 is 0 Å². The molecule has 3 rings (SSSR count). The van der Waals surface area contributed by atoms with E-state index in [1.165, 1.54) is 0 Å². The Morgan fingerprint density at radius 3 is 2.44 bits per heavy atom. The lowest BCUT2D eigenvalue weighted by Gasteiger charge is -2.15. The average Bonchev–Trinajstić information content (AvgIpc) is 3.44. The molecule has 5 nitrogen and oxygen atoms in total. The van der Waals surface area contributed by atoms with Crippen molar-refractivity contribution in [2.75, 3.05) is 5.32 Å². The van der Waals surface area contributed by atoms with Gasteiger partial charge in [0.2, 0.25) is 0 Å². The van der Waals surface area contributed by atoms with Crippen molar-refractivity contribution in [3.63, 3.8) is 0 Å². The molecule has 0 heterocycles. The van der Waals surface area contributed by atoms with E-state index in [4.69, 9.17) is 5.26 Å². The van der Waals surface area contributed by atoms with Crippen LogP contribution < -0.4 is 16.0 Å². The third-order valence-electron chi connectivity index (χ3n) is 4.28. The summed E-state index contributed by atoms with van der Waals surface area (Å²) in [4.78, 5) is 11.7. The molecule has 0 aliphatic heterocycles. The Hall–Kier alpha value is -2.84. The van der Waals surface area contributed by atoms with Crippen LogP contribution in [-0.4, -0.2) is 12.1 Å². The Bertz CT molecular complexity index is 758. The van der Waals surface area contributed by atoms with Gasteiger partial charge in [0.15, 0.2) is 0 Å². The van der Waals surface area contributed by atoms with Gasteiger partial charge in [-0.15, -0.1) is 0 Å². The highest BCUT2D eigenvalue weighted by atomic mass is 16.2. The molecular weight excluding hydrogens is 312 g/mol. The molecule has 1 aliphatic rings. The lowest BCUT2D eigenvalue weighted by atomic mass is 10.1. The van der Waals surface area contributed by atoms with Crippen LogP contribution in [0.4, 0.5) is 10.5 Å². The molecule has 128 valence electrons. The van der Waals surface area contributed by atoms with Gasteiger partial charge in [0, 0.05) is 24.3 Å². The molecule has 2 amide bonds. The van der Waals surface area contributed by atoms with Crippen LogP contribution in [0.2, 0.25) is 0 Å². The number of hydrogen-bond acceptors (Lipinski definition) is 3. The Kier molecular flexibility index (Phi) is 5.32. The van der Waals surface area contributed by atoms with E-state index < -0.39 is 0 Å². The lowest BCUT2D eigenvalue weighted by Crippen LogP contribution is -2.30. The zero-order chi connectivity index (χ0) is 17.6. The summed E-state index contributed by atoms with van der Waals surface area (Å²) in [5.41, 5.74) is 3.76. The number of hydrogen-bond donors (Lipinski definition) is 3. The summed E-state index contributed by atoms with van der Waals surface area (Å²) in [6.45, 7) is 2.84. The van der Waals surface area contributed by atoms with Gasteiger partial charge in [-0.05, 0) is 55.2 Å². The topological polar surface area (TPSA) is 77.0 Å². The van der Waals surface area contributed by atoms with Crippen LogP contribution in [0.1, 0.15) is 42.5 Å². The Balaban J connectivity index is 1.50. The van der Waals surface area contributed by atoms with Gasteiger partial charge in [0.25, 0.3) is 0 Å². The molecule has 0 aromatic heterocycles. The van der Waals surface area contributed by atoms with E-state index in [0.29, 0.717) is 11.6 Å². The van der Waals surface area contributed by atoms with E-state index in [1.54, 1.807) is 0 Å². The van der Waals surface area contributed by atoms with Crippen molar-refractivity contribution in [1.29, 1.82) is 5.26 Å². The van der Waals surface area contributed by atoms with Crippen molar-refractivity contribution in [2.24, 2.45) is 0 Å². The number of benzene rings is 2. The molecular formula is C20H22N4O. The first-order chi connectivity index (χ1) is 12.1. The standard InChI is InChI=1S/C20H22N4O/c1-14(22-13-16-4-2-15(12-21)3-5-16)17-6-8-18(9-7-17)23-20(25)24-19-10-11-19/h2-9,14,19,22H,10-11,13H2,1H3,(H2,23,24,25). The number of nitrogens with one attached hydrogen (secondary N) is 3. The highest BCUT2D eigenvalue weighted by Crippen LogP contribution is 2.20. The van der Waals surface area contributed by atoms with Crippen LogP contribution in [-0.2, 0) is 6.54 Å². The number of rotatable bonds is 6. The van der Waals surface area contributed by atoms with E-state index in [2.05, 4.69) is 28.9 Å². The maximum atomic E-state index is 11.7. The molecule has 0 radical (unpaired) electrons. The molecule has 1 fully saturated rings. The number of carbonyl (C=O) groups is 1. The number of amides is 2. The van der Waals surface area contributed by atoms with Gasteiger partial charge in [-0.25, -0.2) is 4.79 Å². The van der Waals surface area contributed by atoms with Crippen LogP contribution in [0.3, 0.4) is 0 Å². The molecule has 0 saturated heterocycles. The van der Waals surface area contributed by atoms with Crippen molar-refractivity contribution in [3.8, 4) is 6.07 Å². The van der Waals surface area contributed by atoms with Crippen LogP contribution in [0.5, 0.6) is 0 Å². The van der Waals surface area contributed by atoms with Crippen LogP contribution in [0.15, 0.2) is 48.5 Å². The van der Waals surface area contributed by atoms with Gasteiger partial charge < -0.3 is 16.0 Å². The smallest absolute Gasteiger partial charge is 0.319 e. The van der Waals surface area contributed by atoms with Gasteiger partial charge in [-0.1, -0.05) is 24.3 Å². The lowest BCUT2D eigenvalue weighted by molar-refractivity contribution is 0.251.